The largest absolute Gasteiger partial charge is 0.370 e. The highest BCUT2D eigenvalue weighted by molar-refractivity contribution is 5.48. The lowest BCUT2D eigenvalue weighted by Crippen LogP contribution is -2.51. The Morgan fingerprint density at radius 3 is 2.53 bits per heavy atom. The summed E-state index contributed by atoms with van der Waals surface area (Å²) in [7, 11) is 0. The van der Waals surface area contributed by atoms with Crippen LogP contribution in [-0.2, 0) is 0 Å². The Morgan fingerprint density at radius 1 is 1.12 bits per heavy atom. The second-order valence-electron chi connectivity index (χ2n) is 5.77. The van der Waals surface area contributed by atoms with Crippen LogP contribution in [0.1, 0.15) is 32.3 Å². The minimum atomic E-state index is 0.200. The third-order valence-corrected chi connectivity index (χ3v) is 3.44. The van der Waals surface area contributed by atoms with Gasteiger partial charge in [-0.1, -0.05) is 17.7 Å². The van der Waals surface area contributed by atoms with Crippen molar-refractivity contribution in [3.8, 4) is 0 Å². The number of nitrogens with zero attached hydrogens (tertiary/aromatic N) is 1. The Balaban J connectivity index is 2.14. The lowest BCUT2D eigenvalue weighted by molar-refractivity contribution is 0.364. The van der Waals surface area contributed by atoms with Crippen molar-refractivity contribution in [2.75, 3.05) is 24.5 Å². The molecule has 1 saturated heterocycles. The van der Waals surface area contributed by atoms with Crippen LogP contribution in [0.5, 0.6) is 0 Å². The molecule has 0 bridgehead atoms. The summed E-state index contributed by atoms with van der Waals surface area (Å²) < 4.78 is 0. The van der Waals surface area contributed by atoms with Crippen LogP contribution in [-0.4, -0.2) is 25.2 Å². The average molecular weight is 232 g/mol. The van der Waals surface area contributed by atoms with Crippen molar-refractivity contribution >= 4 is 5.69 Å². The molecular formula is C15H24N2. The summed E-state index contributed by atoms with van der Waals surface area (Å²) in [6, 6.07) is 8.89. The molecule has 0 spiro atoms. The lowest BCUT2D eigenvalue weighted by Gasteiger charge is -2.37. The number of nitrogens with one attached hydrogen (secondary N) is 1. The molecule has 0 unspecified atom stereocenters. The van der Waals surface area contributed by atoms with Crippen molar-refractivity contribution in [1.29, 1.82) is 0 Å². The van der Waals surface area contributed by atoms with Gasteiger partial charge in [0.05, 0.1) is 0 Å². The molecule has 2 rings (SSSR count). The van der Waals surface area contributed by atoms with Crippen molar-refractivity contribution < 1.29 is 0 Å². The van der Waals surface area contributed by atoms with Gasteiger partial charge >= 0.3 is 0 Å². The minimum Gasteiger partial charge on any atom is -0.370 e. The lowest BCUT2D eigenvalue weighted by atomic mass is 10.0. The molecule has 1 aliphatic heterocycles. The predicted molar refractivity (Wildman–Crippen MR) is 74.7 cm³/mol. The third kappa shape index (κ3) is 3.47. The van der Waals surface area contributed by atoms with Gasteiger partial charge in [-0.15, -0.1) is 0 Å². The highest BCUT2D eigenvalue weighted by Crippen LogP contribution is 2.20. The molecule has 0 saturated carbocycles. The summed E-state index contributed by atoms with van der Waals surface area (Å²) in [5.41, 5.74) is 2.89. The van der Waals surface area contributed by atoms with Gasteiger partial charge in [-0.3, -0.25) is 0 Å². The topological polar surface area (TPSA) is 15.3 Å². The van der Waals surface area contributed by atoms with Gasteiger partial charge in [-0.05, 0) is 52.3 Å². The van der Waals surface area contributed by atoms with E-state index in [0.717, 1.165) is 13.1 Å². The van der Waals surface area contributed by atoms with Gasteiger partial charge in [0.1, 0.15) is 0 Å². The number of benzene rings is 1. The number of rotatable bonds is 1. The zero-order valence-corrected chi connectivity index (χ0v) is 11.3. The molecule has 1 fully saturated rings. The molecular weight excluding hydrogens is 208 g/mol. The highest BCUT2D eigenvalue weighted by Gasteiger charge is 2.22. The monoisotopic (exact) mass is 232 g/mol. The van der Waals surface area contributed by atoms with Crippen molar-refractivity contribution in [1.82, 2.24) is 5.32 Å². The first-order chi connectivity index (χ1) is 8.07. The molecule has 0 radical (unpaired) electrons. The molecule has 1 N–H and O–H groups in total. The van der Waals surface area contributed by atoms with E-state index in [2.05, 4.69) is 55.3 Å². The van der Waals surface area contributed by atoms with E-state index >= 15 is 0 Å². The molecule has 17 heavy (non-hydrogen) atoms. The molecule has 0 aliphatic carbocycles. The van der Waals surface area contributed by atoms with Crippen molar-refractivity contribution in [3.63, 3.8) is 0 Å². The van der Waals surface area contributed by atoms with Crippen molar-refractivity contribution in [3.05, 3.63) is 29.8 Å². The number of hydrogen-bond donors (Lipinski definition) is 1. The van der Waals surface area contributed by atoms with Crippen LogP contribution in [0.3, 0.4) is 0 Å². The van der Waals surface area contributed by atoms with Crippen LogP contribution in [0.15, 0.2) is 24.3 Å². The number of anilines is 1. The maximum atomic E-state index is 3.63. The van der Waals surface area contributed by atoms with E-state index in [1.807, 2.05) is 0 Å². The van der Waals surface area contributed by atoms with E-state index in [1.54, 1.807) is 0 Å². The zero-order valence-electron chi connectivity index (χ0n) is 11.3. The first-order valence-corrected chi connectivity index (χ1v) is 6.63. The number of hydrogen-bond acceptors (Lipinski definition) is 2. The standard InChI is InChI=1S/C15H24N2/c1-13-6-8-14(9-7-13)17-11-5-4-10-16-15(2,3)12-17/h6-9,16H,4-5,10-12H2,1-3H3. The van der Waals surface area contributed by atoms with Crippen LogP contribution in [0.4, 0.5) is 5.69 Å². The van der Waals surface area contributed by atoms with Gasteiger partial charge in [0.2, 0.25) is 0 Å². The second kappa shape index (κ2) is 5.09. The Labute approximate surface area is 105 Å². The summed E-state index contributed by atoms with van der Waals surface area (Å²) >= 11 is 0. The van der Waals surface area contributed by atoms with Crippen LogP contribution < -0.4 is 10.2 Å². The SMILES string of the molecule is Cc1ccc(N2CCCCNC(C)(C)C2)cc1. The Kier molecular flexibility index (Phi) is 3.72. The van der Waals surface area contributed by atoms with Gasteiger partial charge in [-0.2, -0.15) is 0 Å². The number of aryl methyl sites for hydroxylation is 1. The summed E-state index contributed by atoms with van der Waals surface area (Å²) in [4.78, 5) is 2.51. The van der Waals surface area contributed by atoms with Gasteiger partial charge in [0.25, 0.3) is 0 Å². The predicted octanol–water partition coefficient (Wildman–Crippen LogP) is 2.96. The maximum Gasteiger partial charge on any atom is 0.0367 e. The fraction of sp³-hybridized carbons (Fsp3) is 0.600. The molecule has 0 amide bonds. The average Bonchev–Trinajstić information content (AvgIpc) is 2.25. The molecule has 1 heterocycles. The quantitative estimate of drug-likeness (QED) is 0.801. The molecule has 1 aromatic rings. The molecule has 1 aromatic carbocycles. The van der Waals surface area contributed by atoms with Crippen LogP contribution in [0, 0.1) is 6.92 Å². The molecule has 2 nitrogen and oxygen atoms in total. The van der Waals surface area contributed by atoms with Gasteiger partial charge in [0, 0.05) is 24.3 Å². The maximum absolute atomic E-state index is 3.63. The van der Waals surface area contributed by atoms with Crippen LogP contribution >= 0.6 is 0 Å². The van der Waals surface area contributed by atoms with E-state index in [0.29, 0.717) is 0 Å². The normalized spacial score (nSPS) is 20.8. The fourth-order valence-electron chi connectivity index (χ4n) is 2.44. The van der Waals surface area contributed by atoms with E-state index in [9.17, 15) is 0 Å². The second-order valence-corrected chi connectivity index (χ2v) is 5.77. The van der Waals surface area contributed by atoms with E-state index < -0.39 is 0 Å². The first-order valence-electron chi connectivity index (χ1n) is 6.63. The summed E-state index contributed by atoms with van der Waals surface area (Å²) in [6.07, 6.45) is 2.54. The van der Waals surface area contributed by atoms with Gasteiger partial charge < -0.3 is 10.2 Å². The molecule has 0 aromatic heterocycles. The van der Waals surface area contributed by atoms with Crippen LogP contribution in [0.2, 0.25) is 0 Å². The summed E-state index contributed by atoms with van der Waals surface area (Å²) in [5.74, 6) is 0. The molecule has 94 valence electrons. The van der Waals surface area contributed by atoms with E-state index in [4.69, 9.17) is 0 Å². The third-order valence-electron chi connectivity index (χ3n) is 3.44. The smallest absolute Gasteiger partial charge is 0.0367 e. The minimum absolute atomic E-state index is 0.200. The zero-order chi connectivity index (χ0) is 12.3. The van der Waals surface area contributed by atoms with Crippen molar-refractivity contribution in [2.24, 2.45) is 0 Å². The highest BCUT2D eigenvalue weighted by atomic mass is 15.2. The molecule has 2 heteroatoms. The van der Waals surface area contributed by atoms with E-state index in [1.165, 1.54) is 30.6 Å². The van der Waals surface area contributed by atoms with Gasteiger partial charge in [0.15, 0.2) is 0 Å². The van der Waals surface area contributed by atoms with Crippen LogP contribution in [0.25, 0.3) is 0 Å². The Morgan fingerprint density at radius 2 is 1.82 bits per heavy atom. The summed E-state index contributed by atoms with van der Waals surface area (Å²) in [6.45, 7) is 10.1. The molecule has 1 aliphatic rings. The van der Waals surface area contributed by atoms with Gasteiger partial charge in [-0.25, -0.2) is 0 Å². The Bertz CT molecular complexity index is 354. The Hall–Kier alpha value is -1.02. The molecule has 0 atom stereocenters. The fourth-order valence-corrected chi connectivity index (χ4v) is 2.44. The van der Waals surface area contributed by atoms with E-state index in [-0.39, 0.29) is 5.54 Å². The van der Waals surface area contributed by atoms with Crippen molar-refractivity contribution in [2.45, 2.75) is 39.2 Å². The summed E-state index contributed by atoms with van der Waals surface area (Å²) in [5, 5.41) is 3.63. The first kappa shape index (κ1) is 12.4.